The maximum Gasteiger partial charge on any atom is 0.259 e. The van der Waals surface area contributed by atoms with Crippen molar-refractivity contribution in [2.45, 2.75) is 163 Å². The highest BCUT2D eigenvalue weighted by molar-refractivity contribution is 7.14. The lowest BCUT2D eigenvalue weighted by Crippen LogP contribution is -2.38. The van der Waals surface area contributed by atoms with Gasteiger partial charge in [-0.3, -0.25) is 69.3 Å². The molecule has 0 unspecified atom stereocenters. The Kier molecular flexibility index (Phi) is 40.1. The maximum absolute atomic E-state index is 13.1. The molecule has 8 aromatic heterocycles. The van der Waals surface area contributed by atoms with Gasteiger partial charge in [0.25, 0.3) is 35.4 Å². The van der Waals surface area contributed by atoms with Crippen LogP contribution in [0.3, 0.4) is 0 Å². The van der Waals surface area contributed by atoms with Gasteiger partial charge in [-0.1, -0.05) is 106 Å². The van der Waals surface area contributed by atoms with Crippen LogP contribution in [0.1, 0.15) is 201 Å². The third kappa shape index (κ3) is 36.2. The Morgan fingerprint density at radius 3 is 0.943 bits per heavy atom. The van der Waals surface area contributed by atoms with E-state index >= 15 is 0 Å². The number of hydrogen-bond donors (Lipinski definition) is 6. The zero-order chi connectivity index (χ0) is 98.7. The van der Waals surface area contributed by atoms with Crippen LogP contribution in [-0.2, 0) is 39.6 Å². The normalized spacial score (nSPS) is 13.3. The molecule has 730 valence electrons. The quantitative estimate of drug-likeness (QED) is 0.0211. The summed E-state index contributed by atoms with van der Waals surface area (Å²) in [6, 6.07) is 70.0. The Balaban J connectivity index is 0.000000143. The summed E-state index contributed by atoms with van der Waals surface area (Å²) in [5.74, 6) is 6.48. The highest BCUT2D eigenvalue weighted by atomic mass is 32.1. The Morgan fingerprint density at radius 1 is 0.326 bits per heavy atom. The summed E-state index contributed by atoms with van der Waals surface area (Å²) >= 11 is 2.74. The first kappa shape index (κ1) is 103. The number of thiazole rings is 2. The monoisotopic (exact) mass is 1940 g/mol. The molecule has 2 atom stereocenters. The maximum atomic E-state index is 13.1. The Bertz CT molecular complexity index is 6020. The van der Waals surface area contributed by atoms with E-state index < -0.39 is 0 Å². The van der Waals surface area contributed by atoms with Crippen LogP contribution in [0.2, 0.25) is 0 Å². The van der Waals surface area contributed by atoms with Crippen molar-refractivity contribution < 1.29 is 70.7 Å². The minimum Gasteiger partial charge on any atom is -0.497 e. The number of benzene rings is 6. The number of methoxy groups -OCH3 is 1. The zero-order valence-electron chi connectivity index (χ0n) is 79.3. The second-order valence-electron chi connectivity index (χ2n) is 34.4. The fraction of sp³-hybridized carbons (Fsp3) is 0.291. The van der Waals surface area contributed by atoms with Gasteiger partial charge < -0.3 is 54.4 Å². The molecule has 6 N–H and O–H groups in total. The van der Waals surface area contributed by atoms with E-state index in [-0.39, 0.29) is 72.4 Å². The average Bonchev–Trinajstić information content (AvgIpc) is 1.66. The number of aromatic nitrogens is 8. The fourth-order valence-electron chi connectivity index (χ4n) is 14.5. The summed E-state index contributed by atoms with van der Waals surface area (Å²) in [6.45, 7) is 11.0. The summed E-state index contributed by atoms with van der Waals surface area (Å²) in [6.07, 6.45) is 27.2. The molecule has 6 aromatic carbocycles. The van der Waals surface area contributed by atoms with Gasteiger partial charge in [0, 0.05) is 103 Å². The number of nitrogens with zero attached hydrogens (tertiary/aromatic N) is 8. The molecule has 141 heavy (non-hydrogen) atoms. The van der Waals surface area contributed by atoms with Crippen molar-refractivity contribution in [1.82, 2.24) is 61.1 Å². The summed E-state index contributed by atoms with van der Waals surface area (Å²) in [4.78, 5) is 107. The average molecular weight is 1940 g/mol. The molecule has 4 fully saturated rings. The Morgan fingerprint density at radius 2 is 0.631 bits per heavy atom. The number of carbonyl (C=O) groups is 6. The number of pyridine rings is 6. The Hall–Kier alpha value is -15.2. The molecule has 0 radical (unpaired) electrons. The van der Waals surface area contributed by atoms with E-state index in [1.165, 1.54) is 130 Å². The predicted octanol–water partition coefficient (Wildman–Crippen LogP) is 21.6. The molecular weight excluding hydrogens is 1830 g/mol. The molecule has 14 aromatic rings. The van der Waals surface area contributed by atoms with Crippen LogP contribution in [-0.4, -0.2) is 107 Å². The molecule has 0 aliphatic heterocycles. The molecule has 4 aliphatic rings. The van der Waals surface area contributed by atoms with Gasteiger partial charge in [0.05, 0.1) is 74.7 Å². The van der Waals surface area contributed by atoms with Crippen LogP contribution in [0, 0.1) is 41.2 Å². The lowest BCUT2D eigenvalue weighted by Gasteiger charge is -2.28. The summed E-state index contributed by atoms with van der Waals surface area (Å²) in [5, 5.41) is 22.4. The van der Waals surface area contributed by atoms with Gasteiger partial charge in [0.2, 0.25) is 0 Å². The van der Waals surface area contributed by atoms with Crippen LogP contribution in [0.5, 0.6) is 40.2 Å². The number of para-hydroxylation sites is 3. The van der Waals surface area contributed by atoms with Crippen molar-refractivity contribution in [2.24, 2.45) is 29.6 Å². The summed E-state index contributed by atoms with van der Waals surface area (Å²) in [5.41, 5.74) is 7.70. The zero-order valence-corrected chi connectivity index (χ0v) is 80.9. The number of halogens is 2. The fourth-order valence-corrected chi connectivity index (χ4v) is 15.5. The molecule has 0 spiro atoms. The highest BCUT2D eigenvalue weighted by Gasteiger charge is 2.42. The molecule has 0 bridgehead atoms. The standard InChI is InChI=1S/C22H28N2O3.C20H21FN2O2.C18H19FN2O2.C18H22N2O2.2C16H13N3O2S/c1-16(17-7-4-3-5-8-17)24-22(25)18-11-12-19(23-14-18)15-27-21-10-6-9-20(13-21)26-2;21-16-2-1-3-18(10-16)25-12-17-9-8-15(11-22-17)20(24)23-19(13-4-5-13)14-6-7-14;1-12(13-5-6-13)21-18(22)14-7-8-16(20-10-14)11-23-17-4-2-3-15(19)9-17;1-14(2)10-11-19-18(21)15-8-9-16(20-12-15)13-22-17-6-4-3-5-7-17;2*20-15(19-16-17-8-9-22-16)12-6-7-13(18-10-12)11-21-14-4-2-1-3-5-14/h6,9-14,16-17H,3-5,7-8,15H2,1-2H3,(H,24,25);1-3,8-11,13-14,19H,4-7,12H2,(H,23,24);2-4,7-10,12-13H,5-6,11H2,1H3,(H,21,22);3-9,12,14H,10-11,13H2,1-2H3,(H,19,21);2*1-10H,11H2,(H,17,19,20)/t16-;;12-;;;/m1.1.../s1. The number of nitrogens with one attached hydrogen (secondary N) is 6. The van der Waals surface area contributed by atoms with Crippen LogP contribution >= 0.6 is 22.7 Å². The highest BCUT2D eigenvalue weighted by Crippen LogP contribution is 2.45. The van der Waals surface area contributed by atoms with E-state index in [0.29, 0.717) is 135 Å². The van der Waals surface area contributed by atoms with Crippen LogP contribution in [0.4, 0.5) is 19.0 Å². The third-order valence-corrected chi connectivity index (χ3v) is 24.4. The molecule has 8 heterocycles. The number of rotatable bonds is 37. The van der Waals surface area contributed by atoms with Crippen molar-refractivity contribution in [3.8, 4) is 40.2 Å². The number of ether oxygens (including phenoxy) is 7. The van der Waals surface area contributed by atoms with Gasteiger partial charge in [-0.05, 0) is 247 Å². The van der Waals surface area contributed by atoms with Crippen molar-refractivity contribution in [1.29, 1.82) is 0 Å². The minimum absolute atomic E-state index is 0.0473. The van der Waals surface area contributed by atoms with Crippen molar-refractivity contribution in [3.63, 3.8) is 0 Å². The second-order valence-corrected chi connectivity index (χ2v) is 36.2. The molecule has 27 nitrogen and oxygen atoms in total. The van der Waals surface area contributed by atoms with E-state index in [4.69, 9.17) is 33.2 Å². The number of anilines is 2. The first-order valence-electron chi connectivity index (χ1n) is 47.1. The SMILES string of the molecule is CC(C)CCNC(=O)c1ccc(COc2ccccc2)nc1.COc1cccc(OCc2ccc(C(=O)N[C@H](C)C3CCCCC3)cn2)c1.C[C@@H](NC(=O)c1ccc(COc2cccc(F)c2)nc1)C1CC1.O=C(NC(C1CC1)C1CC1)c1ccc(COc2cccc(F)c2)nc1.O=C(Nc1nccs1)c1ccc(COc2ccccc2)nc1.O=C(Nc1nccs1)c1ccc(COc2ccccc2)nc1. The molecule has 4 saturated carbocycles. The van der Waals surface area contributed by atoms with Gasteiger partial charge >= 0.3 is 0 Å². The third-order valence-electron chi connectivity index (χ3n) is 23.0. The van der Waals surface area contributed by atoms with E-state index in [2.05, 4.69) is 92.5 Å². The van der Waals surface area contributed by atoms with Gasteiger partial charge in [0.15, 0.2) is 10.3 Å². The molecular formula is C110H116F2N14O13S2. The molecule has 4 aliphatic carbocycles. The summed E-state index contributed by atoms with van der Waals surface area (Å²) in [7, 11) is 1.62. The van der Waals surface area contributed by atoms with Crippen molar-refractivity contribution in [3.05, 3.63) is 376 Å². The van der Waals surface area contributed by atoms with Gasteiger partial charge in [-0.2, -0.15) is 0 Å². The van der Waals surface area contributed by atoms with Crippen LogP contribution < -0.4 is 65.1 Å². The lowest BCUT2D eigenvalue weighted by molar-refractivity contribution is 0.0912. The molecule has 0 saturated heterocycles. The number of hydrogen-bond acceptors (Lipinski definition) is 23. The smallest absolute Gasteiger partial charge is 0.259 e. The van der Waals surface area contributed by atoms with E-state index in [9.17, 15) is 37.5 Å². The predicted molar refractivity (Wildman–Crippen MR) is 538 cm³/mol. The number of amides is 6. The van der Waals surface area contributed by atoms with Gasteiger partial charge in [-0.15, -0.1) is 22.7 Å². The Labute approximate surface area is 827 Å². The molecule has 6 amide bonds. The largest absolute Gasteiger partial charge is 0.497 e. The molecule has 31 heteroatoms. The first-order chi connectivity index (χ1) is 68.7. The summed E-state index contributed by atoms with van der Waals surface area (Å²) < 4.78 is 64.9. The van der Waals surface area contributed by atoms with Crippen molar-refractivity contribution >= 4 is 68.4 Å². The second kappa shape index (κ2) is 54.8. The van der Waals surface area contributed by atoms with Gasteiger partial charge in [0.1, 0.15) is 91.5 Å². The minimum atomic E-state index is -0.340. The van der Waals surface area contributed by atoms with Crippen LogP contribution in [0.15, 0.2) is 297 Å². The van der Waals surface area contributed by atoms with Crippen molar-refractivity contribution in [2.75, 3.05) is 24.3 Å². The lowest BCUT2D eigenvalue weighted by atomic mass is 9.84. The van der Waals surface area contributed by atoms with Gasteiger partial charge in [-0.25, -0.2) is 18.7 Å². The first-order valence-corrected chi connectivity index (χ1v) is 48.9. The number of carbonyl (C=O) groups excluding carboxylic acids is 6. The topological polar surface area (TPSA) is 342 Å². The van der Waals surface area contributed by atoms with Crippen LogP contribution in [0.25, 0.3) is 0 Å². The van der Waals surface area contributed by atoms with E-state index in [1.54, 1.807) is 140 Å². The van der Waals surface area contributed by atoms with E-state index in [0.717, 1.165) is 57.9 Å². The molecule has 18 rings (SSSR count). The van der Waals surface area contributed by atoms with E-state index in [1.807, 2.05) is 134 Å².